The molecule has 0 saturated heterocycles. The molecule has 3 aromatic rings. The van der Waals surface area contributed by atoms with Gasteiger partial charge in [-0.05, 0) is 38.5 Å². The van der Waals surface area contributed by atoms with Gasteiger partial charge in [0.2, 0.25) is 16.0 Å². The van der Waals surface area contributed by atoms with Crippen molar-refractivity contribution in [3.05, 3.63) is 53.1 Å². The highest BCUT2D eigenvalue weighted by Crippen LogP contribution is 2.36. The fraction of sp³-hybridized carbons (Fsp3) is 0.273. The SMILES string of the molecule is CC1=NN(c2nc(N)nc(-c3cc(S(N)(=O)=O)c(Cl)cc3NCc3ccccc3)n2)C(C)(C)C1. The number of hydrogen-bond donors (Lipinski definition) is 3. The number of nitrogens with one attached hydrogen (secondary N) is 1. The molecule has 0 bridgehead atoms. The molecule has 34 heavy (non-hydrogen) atoms. The van der Waals surface area contributed by atoms with Crippen LogP contribution in [0.1, 0.15) is 32.8 Å². The first-order valence-electron chi connectivity index (χ1n) is 10.4. The number of hydrazone groups is 1. The van der Waals surface area contributed by atoms with Crippen LogP contribution in [0.25, 0.3) is 11.4 Å². The average molecular weight is 501 g/mol. The molecule has 0 radical (unpaired) electrons. The highest BCUT2D eigenvalue weighted by Gasteiger charge is 2.35. The van der Waals surface area contributed by atoms with Gasteiger partial charge in [-0.2, -0.15) is 20.1 Å². The van der Waals surface area contributed by atoms with E-state index in [2.05, 4.69) is 25.4 Å². The molecule has 12 heteroatoms. The third-order valence-electron chi connectivity index (χ3n) is 5.31. The van der Waals surface area contributed by atoms with E-state index in [-0.39, 0.29) is 33.2 Å². The van der Waals surface area contributed by atoms with Crippen LogP contribution < -0.4 is 21.2 Å². The molecule has 0 amide bonds. The highest BCUT2D eigenvalue weighted by atomic mass is 35.5. The average Bonchev–Trinajstić information content (AvgIpc) is 3.03. The maximum atomic E-state index is 12.2. The van der Waals surface area contributed by atoms with Crippen molar-refractivity contribution in [2.75, 3.05) is 16.1 Å². The number of nitrogens with two attached hydrogens (primary N) is 2. The summed E-state index contributed by atoms with van der Waals surface area (Å²) in [5.74, 6) is 0.386. The Labute approximate surface area is 203 Å². The molecule has 0 unspecified atom stereocenters. The predicted octanol–water partition coefficient (Wildman–Crippen LogP) is 3.40. The zero-order chi connectivity index (χ0) is 24.7. The maximum Gasteiger partial charge on any atom is 0.252 e. The first-order chi connectivity index (χ1) is 15.9. The van der Waals surface area contributed by atoms with Gasteiger partial charge in [0.15, 0.2) is 5.82 Å². The molecule has 178 valence electrons. The summed E-state index contributed by atoms with van der Waals surface area (Å²) in [7, 11) is -4.10. The van der Waals surface area contributed by atoms with Crippen LogP contribution >= 0.6 is 11.6 Å². The summed E-state index contributed by atoms with van der Waals surface area (Å²) >= 11 is 6.27. The third-order valence-corrected chi connectivity index (χ3v) is 6.68. The van der Waals surface area contributed by atoms with E-state index in [1.807, 2.05) is 51.1 Å². The van der Waals surface area contributed by atoms with Gasteiger partial charge in [-0.3, -0.25) is 0 Å². The predicted molar refractivity (Wildman–Crippen MR) is 134 cm³/mol. The van der Waals surface area contributed by atoms with Crippen LogP contribution in [0.4, 0.5) is 17.6 Å². The summed E-state index contributed by atoms with van der Waals surface area (Å²) in [5.41, 5.74) is 8.48. The summed E-state index contributed by atoms with van der Waals surface area (Å²) in [6.07, 6.45) is 0.730. The first-order valence-corrected chi connectivity index (χ1v) is 12.4. The number of halogens is 1. The van der Waals surface area contributed by atoms with Gasteiger partial charge in [-0.15, -0.1) is 0 Å². The highest BCUT2D eigenvalue weighted by molar-refractivity contribution is 7.89. The number of benzene rings is 2. The van der Waals surface area contributed by atoms with Gasteiger partial charge in [-0.25, -0.2) is 18.6 Å². The minimum absolute atomic E-state index is 0.0232. The number of aromatic nitrogens is 3. The summed E-state index contributed by atoms with van der Waals surface area (Å²) in [6.45, 7) is 6.41. The lowest BCUT2D eigenvalue weighted by Crippen LogP contribution is -2.37. The lowest BCUT2D eigenvalue weighted by atomic mass is 9.99. The van der Waals surface area contributed by atoms with E-state index < -0.39 is 10.0 Å². The number of rotatable bonds is 6. The number of hydrogen-bond acceptors (Lipinski definition) is 9. The lowest BCUT2D eigenvalue weighted by Gasteiger charge is -2.28. The van der Waals surface area contributed by atoms with Crippen molar-refractivity contribution in [2.24, 2.45) is 10.2 Å². The van der Waals surface area contributed by atoms with E-state index >= 15 is 0 Å². The van der Waals surface area contributed by atoms with E-state index in [0.29, 0.717) is 17.8 Å². The Morgan fingerprint density at radius 3 is 2.47 bits per heavy atom. The van der Waals surface area contributed by atoms with Crippen molar-refractivity contribution in [3.63, 3.8) is 0 Å². The Bertz CT molecular complexity index is 1380. The van der Waals surface area contributed by atoms with Crippen LogP contribution in [-0.2, 0) is 16.6 Å². The Morgan fingerprint density at radius 2 is 1.85 bits per heavy atom. The molecule has 5 N–H and O–H groups in total. The number of anilines is 3. The van der Waals surface area contributed by atoms with Gasteiger partial charge in [0.05, 0.1) is 10.6 Å². The Kier molecular flexibility index (Phi) is 6.19. The van der Waals surface area contributed by atoms with Crippen molar-refractivity contribution >= 4 is 44.9 Å². The van der Waals surface area contributed by atoms with Gasteiger partial charge in [0, 0.05) is 29.9 Å². The molecule has 1 aliphatic rings. The minimum Gasteiger partial charge on any atom is -0.380 e. The summed E-state index contributed by atoms with van der Waals surface area (Å²) in [5, 5.41) is 14.9. The summed E-state index contributed by atoms with van der Waals surface area (Å²) < 4.78 is 24.3. The van der Waals surface area contributed by atoms with Crippen LogP contribution in [-0.4, -0.2) is 34.6 Å². The zero-order valence-electron chi connectivity index (χ0n) is 18.9. The normalized spacial score (nSPS) is 15.3. The number of nitrogens with zero attached hydrogens (tertiary/aromatic N) is 5. The standard InChI is InChI=1S/C22H25ClN8O2S/c1-13-11-22(2,3)31(30-13)21-28-19(27-20(24)29-21)15-9-18(34(25,32)33)16(23)10-17(15)26-12-14-7-5-4-6-8-14/h4-10,26H,11-12H2,1-3H3,(H2,25,32,33)(H2,24,27,28,29). The van der Waals surface area contributed by atoms with Crippen LogP contribution in [0.15, 0.2) is 52.5 Å². The van der Waals surface area contributed by atoms with Crippen LogP contribution in [0.3, 0.4) is 0 Å². The van der Waals surface area contributed by atoms with Crippen molar-refractivity contribution < 1.29 is 8.42 Å². The van der Waals surface area contributed by atoms with Gasteiger partial charge in [-0.1, -0.05) is 41.9 Å². The summed E-state index contributed by atoms with van der Waals surface area (Å²) in [6, 6.07) is 12.5. The topological polar surface area (TPSA) is 152 Å². The second kappa shape index (κ2) is 8.82. The fourth-order valence-corrected chi connectivity index (χ4v) is 4.95. The quantitative estimate of drug-likeness (QED) is 0.465. The molecule has 1 aliphatic heterocycles. The van der Waals surface area contributed by atoms with Crippen LogP contribution in [0.5, 0.6) is 0 Å². The van der Waals surface area contributed by atoms with Gasteiger partial charge in [0.25, 0.3) is 5.95 Å². The molecule has 2 aromatic carbocycles. The lowest BCUT2D eigenvalue weighted by molar-refractivity contribution is 0.506. The third kappa shape index (κ3) is 4.96. The minimum atomic E-state index is -4.10. The molecule has 1 aromatic heterocycles. The molecule has 4 rings (SSSR count). The summed E-state index contributed by atoms with van der Waals surface area (Å²) in [4.78, 5) is 12.9. The molecule has 2 heterocycles. The van der Waals surface area contributed by atoms with Crippen molar-refractivity contribution in [1.29, 1.82) is 0 Å². The van der Waals surface area contributed by atoms with Gasteiger partial charge >= 0.3 is 0 Å². The molecular formula is C22H25ClN8O2S. The van der Waals surface area contributed by atoms with E-state index in [1.54, 1.807) is 5.01 Å². The molecule has 0 aliphatic carbocycles. The van der Waals surface area contributed by atoms with Crippen LogP contribution in [0, 0.1) is 0 Å². The first kappa shape index (κ1) is 23.9. The smallest absolute Gasteiger partial charge is 0.252 e. The van der Waals surface area contributed by atoms with Crippen LogP contribution in [0.2, 0.25) is 5.02 Å². The number of nitrogen functional groups attached to an aromatic ring is 1. The Morgan fingerprint density at radius 1 is 1.15 bits per heavy atom. The zero-order valence-corrected chi connectivity index (χ0v) is 20.5. The van der Waals surface area contributed by atoms with Crippen molar-refractivity contribution in [1.82, 2.24) is 15.0 Å². The number of sulfonamides is 1. The monoisotopic (exact) mass is 500 g/mol. The fourth-order valence-electron chi connectivity index (χ4n) is 3.85. The van der Waals surface area contributed by atoms with E-state index in [4.69, 9.17) is 22.5 Å². The second-order valence-electron chi connectivity index (χ2n) is 8.67. The number of primary sulfonamides is 1. The van der Waals surface area contributed by atoms with Crippen molar-refractivity contribution in [2.45, 2.75) is 44.2 Å². The molecule has 0 spiro atoms. The maximum absolute atomic E-state index is 12.2. The largest absolute Gasteiger partial charge is 0.380 e. The van der Waals surface area contributed by atoms with E-state index in [9.17, 15) is 8.42 Å². The van der Waals surface area contributed by atoms with Gasteiger partial charge < -0.3 is 11.1 Å². The molecule has 0 fully saturated rings. The Hall–Kier alpha value is -3.28. The van der Waals surface area contributed by atoms with Gasteiger partial charge in [0.1, 0.15) is 4.90 Å². The Balaban J connectivity index is 1.84. The molecule has 0 atom stereocenters. The molecule has 0 saturated carbocycles. The second-order valence-corrected chi connectivity index (χ2v) is 10.6. The van der Waals surface area contributed by atoms with E-state index in [1.165, 1.54) is 12.1 Å². The molecule has 10 nitrogen and oxygen atoms in total. The van der Waals surface area contributed by atoms with E-state index in [0.717, 1.165) is 17.7 Å². The molecular weight excluding hydrogens is 476 g/mol. The van der Waals surface area contributed by atoms with Crippen molar-refractivity contribution in [3.8, 4) is 11.4 Å².